The Labute approximate surface area is 78.2 Å². The average molecular weight is 177 g/mol. The minimum Gasteiger partial charge on any atom is -0.374 e. The number of benzene rings is 1. The first kappa shape index (κ1) is 9.58. The van der Waals surface area contributed by atoms with Crippen LogP contribution in [-0.4, -0.2) is 19.5 Å². The number of hydrogen-bond acceptors (Lipinski definition) is 2. The maximum Gasteiger partial charge on any atom is 0.251 e. The fourth-order valence-corrected chi connectivity index (χ4v) is 1.11. The molecule has 1 aromatic carbocycles. The second-order valence-corrected chi connectivity index (χ2v) is 2.81. The zero-order chi connectivity index (χ0) is 9.84. The van der Waals surface area contributed by atoms with E-state index in [4.69, 9.17) is 5.73 Å². The van der Waals surface area contributed by atoms with Crippen molar-refractivity contribution in [2.45, 2.75) is 6.92 Å². The molecule has 0 unspecified atom stereocenters. The number of anilines is 1. The van der Waals surface area contributed by atoms with Gasteiger partial charge in [-0.15, -0.1) is 0 Å². The lowest BCUT2D eigenvalue weighted by molar-refractivity contribution is 0.100. The van der Waals surface area contributed by atoms with Crippen molar-refractivity contribution in [2.75, 3.05) is 18.5 Å². The molecule has 3 heteroatoms. The third-order valence-electron chi connectivity index (χ3n) is 1.97. The molecule has 3 nitrogen and oxygen atoms in total. The highest BCUT2D eigenvalue weighted by Crippen LogP contribution is 2.17. The van der Waals surface area contributed by atoms with Crippen LogP contribution in [0.4, 0.5) is 5.69 Å². The monoisotopic (exact) mass is 177 g/mol. The van der Waals surface area contributed by atoms with E-state index in [1.54, 1.807) is 6.07 Å². The fourth-order valence-electron chi connectivity index (χ4n) is 1.11. The molecule has 0 aromatic heterocycles. The molecule has 1 radical (unpaired) electrons. The van der Waals surface area contributed by atoms with Crippen LogP contribution >= 0.6 is 0 Å². The fraction of sp³-hybridized carbons (Fsp3) is 0.300. The standard InChI is InChI=1S/C10H13N2O/c1-3-12(2)9-7-5-4-6-8(9)10(11)13/h4-5,7H,3H2,1-2H3,(H2,11,13). The summed E-state index contributed by atoms with van der Waals surface area (Å²) in [4.78, 5) is 13.0. The molecule has 69 valence electrons. The Hall–Kier alpha value is -1.51. The van der Waals surface area contributed by atoms with Gasteiger partial charge in [-0.25, -0.2) is 0 Å². The summed E-state index contributed by atoms with van der Waals surface area (Å²) in [5, 5.41) is 0. The largest absolute Gasteiger partial charge is 0.374 e. The molecule has 13 heavy (non-hydrogen) atoms. The molecule has 0 spiro atoms. The van der Waals surface area contributed by atoms with E-state index < -0.39 is 5.91 Å². The molecule has 0 heterocycles. The summed E-state index contributed by atoms with van der Waals surface area (Å²) in [5.41, 5.74) is 6.49. The van der Waals surface area contributed by atoms with Crippen LogP contribution in [0.1, 0.15) is 17.3 Å². The Balaban J connectivity index is 3.11. The molecule has 1 amide bonds. The van der Waals surface area contributed by atoms with Gasteiger partial charge in [0.2, 0.25) is 0 Å². The molecule has 2 N–H and O–H groups in total. The molecular formula is C10H13N2O. The zero-order valence-electron chi connectivity index (χ0n) is 7.87. The maximum absolute atomic E-state index is 11.0. The second-order valence-electron chi connectivity index (χ2n) is 2.81. The number of hydrogen-bond donors (Lipinski definition) is 1. The summed E-state index contributed by atoms with van der Waals surface area (Å²) in [6.07, 6.45) is 0. The van der Waals surface area contributed by atoms with Crippen LogP contribution in [0.3, 0.4) is 0 Å². The Morgan fingerprint density at radius 2 is 2.38 bits per heavy atom. The summed E-state index contributed by atoms with van der Waals surface area (Å²) in [7, 11) is 1.91. The molecule has 1 aromatic rings. The lowest BCUT2D eigenvalue weighted by Gasteiger charge is -2.18. The van der Waals surface area contributed by atoms with E-state index in [-0.39, 0.29) is 0 Å². The van der Waals surface area contributed by atoms with Crippen LogP contribution in [-0.2, 0) is 0 Å². The lowest BCUT2D eigenvalue weighted by Crippen LogP contribution is -2.21. The van der Waals surface area contributed by atoms with Crippen molar-refractivity contribution >= 4 is 11.6 Å². The van der Waals surface area contributed by atoms with Crippen molar-refractivity contribution in [1.82, 2.24) is 0 Å². The predicted molar refractivity (Wildman–Crippen MR) is 52.7 cm³/mol. The summed E-state index contributed by atoms with van der Waals surface area (Å²) >= 11 is 0. The number of nitrogens with two attached hydrogens (primary N) is 1. The van der Waals surface area contributed by atoms with E-state index in [9.17, 15) is 4.79 Å². The van der Waals surface area contributed by atoms with Crippen molar-refractivity contribution in [2.24, 2.45) is 5.73 Å². The molecule has 0 aliphatic heterocycles. The highest BCUT2D eigenvalue weighted by molar-refractivity contribution is 5.98. The number of primary amides is 1. The van der Waals surface area contributed by atoms with Crippen molar-refractivity contribution < 1.29 is 4.79 Å². The zero-order valence-corrected chi connectivity index (χ0v) is 7.87. The Morgan fingerprint density at radius 3 is 2.92 bits per heavy atom. The number of carbonyl (C=O) groups excluding carboxylic acids is 1. The molecule has 0 bridgehead atoms. The number of amides is 1. The molecule has 0 atom stereocenters. The average Bonchev–Trinajstić information content (AvgIpc) is 2.16. The quantitative estimate of drug-likeness (QED) is 0.749. The van der Waals surface area contributed by atoms with Crippen molar-refractivity contribution in [1.29, 1.82) is 0 Å². The van der Waals surface area contributed by atoms with E-state index in [1.165, 1.54) is 0 Å². The van der Waals surface area contributed by atoms with Gasteiger partial charge in [-0.05, 0) is 19.1 Å². The first-order valence-electron chi connectivity index (χ1n) is 4.18. The lowest BCUT2D eigenvalue weighted by atomic mass is 10.1. The highest BCUT2D eigenvalue weighted by Gasteiger charge is 2.09. The highest BCUT2D eigenvalue weighted by atomic mass is 16.1. The molecular weight excluding hydrogens is 164 g/mol. The van der Waals surface area contributed by atoms with Gasteiger partial charge < -0.3 is 10.6 Å². The third-order valence-corrected chi connectivity index (χ3v) is 1.97. The topological polar surface area (TPSA) is 46.3 Å². The normalized spacial score (nSPS) is 9.69. The summed E-state index contributed by atoms with van der Waals surface area (Å²) < 4.78 is 0. The van der Waals surface area contributed by atoms with Crippen LogP contribution < -0.4 is 10.6 Å². The van der Waals surface area contributed by atoms with Gasteiger partial charge in [0.25, 0.3) is 5.91 Å². The first-order valence-corrected chi connectivity index (χ1v) is 4.18. The minimum absolute atomic E-state index is 0.434. The van der Waals surface area contributed by atoms with Gasteiger partial charge in [-0.3, -0.25) is 4.79 Å². The van der Waals surface area contributed by atoms with Crippen LogP contribution in [0.2, 0.25) is 0 Å². The van der Waals surface area contributed by atoms with Gasteiger partial charge in [-0.1, -0.05) is 12.1 Å². The van der Waals surface area contributed by atoms with E-state index >= 15 is 0 Å². The Bertz CT molecular complexity index is 310. The van der Waals surface area contributed by atoms with Crippen molar-refractivity contribution in [3.05, 3.63) is 29.8 Å². The van der Waals surface area contributed by atoms with Gasteiger partial charge in [0.05, 0.1) is 5.56 Å². The minimum atomic E-state index is -0.434. The smallest absolute Gasteiger partial charge is 0.251 e. The summed E-state index contributed by atoms with van der Waals surface area (Å²) in [6.45, 7) is 2.84. The molecule has 0 aliphatic carbocycles. The van der Waals surface area contributed by atoms with Crippen LogP contribution in [0.25, 0.3) is 0 Å². The van der Waals surface area contributed by atoms with Gasteiger partial charge in [0, 0.05) is 19.3 Å². The van der Waals surface area contributed by atoms with E-state index in [0.29, 0.717) is 5.56 Å². The van der Waals surface area contributed by atoms with Gasteiger partial charge in [0.15, 0.2) is 0 Å². The van der Waals surface area contributed by atoms with E-state index in [2.05, 4.69) is 6.07 Å². The summed E-state index contributed by atoms with van der Waals surface area (Å²) in [6, 6.07) is 8.23. The van der Waals surface area contributed by atoms with Gasteiger partial charge in [-0.2, -0.15) is 0 Å². The molecule has 0 saturated carbocycles. The predicted octanol–water partition coefficient (Wildman–Crippen LogP) is 1.04. The van der Waals surface area contributed by atoms with Crippen LogP contribution in [0.15, 0.2) is 18.2 Å². The van der Waals surface area contributed by atoms with Gasteiger partial charge in [0.1, 0.15) is 0 Å². The molecule has 0 aliphatic rings. The van der Waals surface area contributed by atoms with E-state index in [1.807, 2.05) is 31.0 Å². The number of carbonyl (C=O) groups is 1. The maximum atomic E-state index is 11.0. The Kier molecular flexibility index (Phi) is 2.90. The molecule has 0 fully saturated rings. The number of nitrogens with zero attached hydrogens (tertiary/aromatic N) is 1. The van der Waals surface area contributed by atoms with Crippen molar-refractivity contribution in [3.63, 3.8) is 0 Å². The Morgan fingerprint density at radius 1 is 1.69 bits per heavy atom. The SMILES string of the molecule is CCN(C)c1ccc[c]c1C(N)=O. The molecule has 1 rings (SSSR count). The van der Waals surface area contributed by atoms with Crippen LogP contribution in [0.5, 0.6) is 0 Å². The number of rotatable bonds is 3. The third kappa shape index (κ3) is 1.99. The second kappa shape index (κ2) is 3.94. The van der Waals surface area contributed by atoms with Gasteiger partial charge >= 0.3 is 0 Å². The van der Waals surface area contributed by atoms with Crippen molar-refractivity contribution in [3.8, 4) is 0 Å². The first-order chi connectivity index (χ1) is 6.16. The van der Waals surface area contributed by atoms with Crippen LogP contribution in [0, 0.1) is 6.07 Å². The van der Waals surface area contributed by atoms with E-state index in [0.717, 1.165) is 12.2 Å². The molecule has 0 saturated heterocycles. The summed E-state index contributed by atoms with van der Waals surface area (Å²) in [5.74, 6) is -0.434.